The average molecular weight is 176 g/mol. The highest BCUT2D eigenvalue weighted by molar-refractivity contribution is 5.18. The van der Waals surface area contributed by atoms with Crippen LogP contribution in [0.25, 0.3) is 0 Å². The van der Waals surface area contributed by atoms with Gasteiger partial charge in [0.05, 0.1) is 0 Å². The molecule has 0 saturated heterocycles. The van der Waals surface area contributed by atoms with Gasteiger partial charge in [-0.15, -0.1) is 0 Å². The topological polar surface area (TPSA) is 48.9 Å². The van der Waals surface area contributed by atoms with Crippen LogP contribution in [0.1, 0.15) is 5.82 Å². The van der Waals surface area contributed by atoms with Gasteiger partial charge in [0.15, 0.2) is 0 Å². The maximum atomic E-state index is 8.63. The van der Waals surface area contributed by atoms with E-state index >= 15 is 0 Å². The number of aryl methyl sites for hydroxylation is 1. The number of rotatable bonds is 0. The molecule has 0 saturated carbocycles. The lowest BCUT2D eigenvalue weighted by molar-refractivity contribution is 0.475. The number of imidazole rings is 1. The molecule has 0 fully saturated rings. The van der Waals surface area contributed by atoms with Gasteiger partial charge in [0.25, 0.3) is 0 Å². The Hall–Kier alpha value is -1.77. The number of hydrogen-bond acceptors (Lipinski definition) is 2. The van der Waals surface area contributed by atoms with Gasteiger partial charge in [-0.3, -0.25) is 0 Å². The first kappa shape index (κ1) is 9.32. The average Bonchev–Trinajstić information content (AvgIpc) is 2.58. The highest BCUT2D eigenvalue weighted by atomic mass is 16.3. The lowest BCUT2D eigenvalue weighted by Crippen LogP contribution is -1.66. The second kappa shape index (κ2) is 4.98. The van der Waals surface area contributed by atoms with Gasteiger partial charge in [-0.25, -0.2) is 4.98 Å². The van der Waals surface area contributed by atoms with Crippen molar-refractivity contribution in [1.29, 1.82) is 0 Å². The summed E-state index contributed by atoms with van der Waals surface area (Å²) < 4.78 is 0. The SMILES string of the molecule is Cc1ncc[nH]1.Oc1ccccc1. The summed E-state index contributed by atoms with van der Waals surface area (Å²) in [5, 5.41) is 8.63. The predicted molar refractivity (Wildman–Crippen MR) is 51.4 cm³/mol. The van der Waals surface area contributed by atoms with E-state index in [1.807, 2.05) is 13.0 Å². The fourth-order valence-electron chi connectivity index (χ4n) is 0.772. The van der Waals surface area contributed by atoms with E-state index in [0.717, 1.165) is 5.82 Å². The molecule has 0 aliphatic heterocycles. The molecule has 0 radical (unpaired) electrons. The highest BCUT2D eigenvalue weighted by Gasteiger charge is 1.75. The third kappa shape index (κ3) is 3.96. The lowest BCUT2D eigenvalue weighted by Gasteiger charge is -1.82. The molecule has 2 rings (SSSR count). The Balaban J connectivity index is 0.000000132. The van der Waals surface area contributed by atoms with Gasteiger partial charge in [0, 0.05) is 12.4 Å². The van der Waals surface area contributed by atoms with E-state index < -0.39 is 0 Å². The van der Waals surface area contributed by atoms with E-state index in [9.17, 15) is 0 Å². The van der Waals surface area contributed by atoms with Crippen LogP contribution in [-0.4, -0.2) is 15.1 Å². The molecular formula is C10H12N2O. The number of aromatic nitrogens is 2. The zero-order valence-corrected chi connectivity index (χ0v) is 7.44. The van der Waals surface area contributed by atoms with Crippen molar-refractivity contribution in [3.63, 3.8) is 0 Å². The number of phenols is 1. The van der Waals surface area contributed by atoms with Crippen LogP contribution < -0.4 is 0 Å². The van der Waals surface area contributed by atoms with Gasteiger partial charge in [0.2, 0.25) is 0 Å². The minimum atomic E-state index is 0.322. The van der Waals surface area contributed by atoms with Crippen molar-refractivity contribution < 1.29 is 5.11 Å². The van der Waals surface area contributed by atoms with Gasteiger partial charge in [-0.05, 0) is 19.1 Å². The van der Waals surface area contributed by atoms with E-state index in [4.69, 9.17) is 5.11 Å². The van der Waals surface area contributed by atoms with Crippen LogP contribution in [0.5, 0.6) is 5.75 Å². The summed E-state index contributed by atoms with van der Waals surface area (Å²) in [6, 6.07) is 8.71. The van der Waals surface area contributed by atoms with Crippen molar-refractivity contribution in [3.8, 4) is 5.75 Å². The Morgan fingerprint density at radius 1 is 1.23 bits per heavy atom. The van der Waals surface area contributed by atoms with E-state index in [2.05, 4.69) is 9.97 Å². The largest absolute Gasteiger partial charge is 0.508 e. The van der Waals surface area contributed by atoms with Crippen LogP contribution in [0.2, 0.25) is 0 Å². The van der Waals surface area contributed by atoms with Crippen LogP contribution in [-0.2, 0) is 0 Å². The molecule has 0 aliphatic rings. The number of aromatic amines is 1. The van der Waals surface area contributed by atoms with Crippen molar-refractivity contribution in [1.82, 2.24) is 9.97 Å². The summed E-state index contributed by atoms with van der Waals surface area (Å²) in [6.07, 6.45) is 3.53. The molecule has 68 valence electrons. The number of nitrogens with zero attached hydrogens (tertiary/aromatic N) is 1. The molecule has 0 unspecified atom stereocenters. The Morgan fingerprint density at radius 2 is 1.92 bits per heavy atom. The molecule has 2 aromatic rings. The number of benzene rings is 1. The van der Waals surface area contributed by atoms with Crippen LogP contribution in [0.15, 0.2) is 42.7 Å². The van der Waals surface area contributed by atoms with Crippen LogP contribution >= 0.6 is 0 Å². The quantitative estimate of drug-likeness (QED) is 0.645. The molecule has 0 atom stereocenters. The van der Waals surface area contributed by atoms with Crippen LogP contribution in [0, 0.1) is 6.92 Å². The zero-order valence-electron chi connectivity index (χ0n) is 7.44. The van der Waals surface area contributed by atoms with Crippen molar-refractivity contribution in [2.45, 2.75) is 6.92 Å². The minimum absolute atomic E-state index is 0.322. The number of aromatic hydroxyl groups is 1. The van der Waals surface area contributed by atoms with Gasteiger partial charge in [-0.2, -0.15) is 0 Å². The van der Waals surface area contributed by atoms with E-state index in [-0.39, 0.29) is 0 Å². The Kier molecular flexibility index (Phi) is 3.57. The minimum Gasteiger partial charge on any atom is -0.508 e. The number of H-pyrrole nitrogens is 1. The van der Waals surface area contributed by atoms with Crippen molar-refractivity contribution >= 4 is 0 Å². The zero-order chi connectivity index (χ0) is 9.52. The molecule has 2 N–H and O–H groups in total. The Labute approximate surface area is 77.1 Å². The summed E-state index contributed by atoms with van der Waals surface area (Å²) in [6.45, 7) is 1.92. The highest BCUT2D eigenvalue weighted by Crippen LogP contribution is 2.02. The van der Waals surface area contributed by atoms with E-state index in [1.54, 1.807) is 36.7 Å². The molecular weight excluding hydrogens is 164 g/mol. The second-order valence-corrected chi connectivity index (χ2v) is 2.51. The van der Waals surface area contributed by atoms with Gasteiger partial charge >= 0.3 is 0 Å². The molecule has 3 nitrogen and oxygen atoms in total. The van der Waals surface area contributed by atoms with Crippen molar-refractivity contribution in [2.75, 3.05) is 0 Å². The summed E-state index contributed by atoms with van der Waals surface area (Å²) >= 11 is 0. The van der Waals surface area contributed by atoms with Crippen molar-refractivity contribution in [2.24, 2.45) is 0 Å². The molecule has 1 heterocycles. The maximum Gasteiger partial charge on any atom is 0.115 e. The molecule has 1 aromatic heterocycles. The molecule has 13 heavy (non-hydrogen) atoms. The van der Waals surface area contributed by atoms with Crippen LogP contribution in [0.4, 0.5) is 0 Å². The molecule has 0 amide bonds. The van der Waals surface area contributed by atoms with Gasteiger partial charge < -0.3 is 10.1 Å². The molecule has 0 spiro atoms. The molecule has 3 heteroatoms. The lowest BCUT2D eigenvalue weighted by atomic mass is 10.3. The van der Waals surface area contributed by atoms with Crippen LogP contribution in [0.3, 0.4) is 0 Å². The Bertz CT molecular complexity index is 316. The Morgan fingerprint density at radius 3 is 2.15 bits per heavy atom. The summed E-state index contributed by atoms with van der Waals surface area (Å²) in [5.41, 5.74) is 0. The number of nitrogens with one attached hydrogen (secondary N) is 1. The maximum absolute atomic E-state index is 8.63. The summed E-state index contributed by atoms with van der Waals surface area (Å²) in [4.78, 5) is 6.75. The first-order chi connectivity index (χ1) is 6.29. The second-order valence-electron chi connectivity index (χ2n) is 2.51. The third-order valence-corrected chi connectivity index (χ3v) is 1.39. The first-order valence-corrected chi connectivity index (χ1v) is 3.99. The van der Waals surface area contributed by atoms with E-state index in [1.165, 1.54) is 0 Å². The fraction of sp³-hybridized carbons (Fsp3) is 0.100. The van der Waals surface area contributed by atoms with Crippen molar-refractivity contribution in [3.05, 3.63) is 48.5 Å². The number of hydrogen-bond donors (Lipinski definition) is 2. The predicted octanol–water partition coefficient (Wildman–Crippen LogP) is 2.11. The third-order valence-electron chi connectivity index (χ3n) is 1.39. The first-order valence-electron chi connectivity index (χ1n) is 3.99. The fourth-order valence-corrected chi connectivity index (χ4v) is 0.772. The summed E-state index contributed by atoms with van der Waals surface area (Å²) in [7, 11) is 0. The normalized spacial score (nSPS) is 8.69. The number of para-hydroxylation sites is 1. The standard InChI is InChI=1S/C6H6O.C4H6N2/c7-6-4-2-1-3-5-6;1-4-5-2-3-6-4/h1-5,7H;2-3H,1H3,(H,5,6). The van der Waals surface area contributed by atoms with Gasteiger partial charge in [0.1, 0.15) is 11.6 Å². The van der Waals surface area contributed by atoms with Gasteiger partial charge in [-0.1, -0.05) is 18.2 Å². The molecule has 0 aliphatic carbocycles. The summed E-state index contributed by atoms with van der Waals surface area (Å²) in [5.74, 6) is 1.29. The number of phenolic OH excluding ortho intramolecular Hbond substituents is 1. The molecule has 1 aromatic carbocycles. The smallest absolute Gasteiger partial charge is 0.115 e. The molecule has 0 bridgehead atoms. The van der Waals surface area contributed by atoms with E-state index in [0.29, 0.717) is 5.75 Å². The monoisotopic (exact) mass is 176 g/mol.